The van der Waals surface area contributed by atoms with E-state index in [1.54, 1.807) is 0 Å². The van der Waals surface area contributed by atoms with Crippen LogP contribution < -0.4 is 5.73 Å². The minimum Gasteiger partial charge on any atom is -0.397 e. The number of hydrogen-bond donors (Lipinski definition) is 1. The second kappa shape index (κ2) is 4.19. The van der Waals surface area contributed by atoms with Gasteiger partial charge in [-0.25, -0.2) is 0 Å². The summed E-state index contributed by atoms with van der Waals surface area (Å²) in [5.74, 6) is 0. The van der Waals surface area contributed by atoms with Gasteiger partial charge in [-0.05, 0) is 24.1 Å². The summed E-state index contributed by atoms with van der Waals surface area (Å²) in [4.78, 5) is 4.21. The highest BCUT2D eigenvalue weighted by atomic mass is 14.7. The van der Waals surface area contributed by atoms with Crippen molar-refractivity contribution in [1.29, 1.82) is 5.26 Å². The lowest BCUT2D eigenvalue weighted by Gasteiger charge is -2.05. The average molecular weight is 211 g/mol. The molecular formula is C13H13N3. The number of pyridine rings is 1. The number of nitrogens with two attached hydrogens (primary N) is 1. The second-order valence-electron chi connectivity index (χ2n) is 3.80. The molecule has 0 amide bonds. The van der Waals surface area contributed by atoms with Crippen molar-refractivity contribution in [3.8, 4) is 6.07 Å². The van der Waals surface area contributed by atoms with Crippen molar-refractivity contribution in [1.82, 2.24) is 4.98 Å². The highest BCUT2D eigenvalue weighted by Crippen LogP contribution is 2.23. The van der Waals surface area contributed by atoms with Crippen LogP contribution in [0.5, 0.6) is 0 Å². The molecule has 1 aromatic carbocycles. The standard InChI is InChI=1S/C13H13N3/c1-2-3-9-4-5-12-11(6-9)13(15)10(7-14)8-16-12/h4-6,8H,2-3H2,1H3,(H2,15,16). The molecule has 0 spiro atoms. The molecule has 2 rings (SSSR count). The van der Waals surface area contributed by atoms with Crippen LogP contribution in [-0.2, 0) is 6.42 Å². The lowest BCUT2D eigenvalue weighted by Crippen LogP contribution is -1.95. The molecular weight excluding hydrogens is 198 g/mol. The van der Waals surface area contributed by atoms with Crippen molar-refractivity contribution in [3.63, 3.8) is 0 Å². The molecule has 0 saturated heterocycles. The second-order valence-corrected chi connectivity index (χ2v) is 3.80. The molecule has 0 unspecified atom stereocenters. The third kappa shape index (κ3) is 1.70. The van der Waals surface area contributed by atoms with Gasteiger partial charge in [0.05, 0.1) is 16.8 Å². The zero-order valence-electron chi connectivity index (χ0n) is 9.20. The number of nitriles is 1. The molecule has 1 heterocycles. The maximum absolute atomic E-state index is 8.88. The van der Waals surface area contributed by atoms with E-state index in [9.17, 15) is 0 Å². The first-order chi connectivity index (χ1) is 7.76. The molecule has 0 fully saturated rings. The lowest BCUT2D eigenvalue weighted by atomic mass is 10.0. The van der Waals surface area contributed by atoms with E-state index < -0.39 is 0 Å². The summed E-state index contributed by atoms with van der Waals surface area (Å²) < 4.78 is 0. The molecule has 0 atom stereocenters. The molecule has 2 aromatic rings. The zero-order chi connectivity index (χ0) is 11.5. The molecule has 3 nitrogen and oxygen atoms in total. The van der Waals surface area contributed by atoms with Gasteiger partial charge in [0.2, 0.25) is 0 Å². The molecule has 3 heteroatoms. The van der Waals surface area contributed by atoms with E-state index in [-0.39, 0.29) is 0 Å². The van der Waals surface area contributed by atoms with Crippen molar-refractivity contribution < 1.29 is 0 Å². The highest BCUT2D eigenvalue weighted by Gasteiger charge is 2.05. The van der Waals surface area contributed by atoms with Crippen LogP contribution in [0, 0.1) is 11.3 Å². The highest BCUT2D eigenvalue weighted by molar-refractivity contribution is 5.93. The van der Waals surface area contributed by atoms with Crippen molar-refractivity contribution in [2.24, 2.45) is 0 Å². The quantitative estimate of drug-likeness (QED) is 0.830. The Kier molecular flexibility index (Phi) is 2.74. The molecule has 16 heavy (non-hydrogen) atoms. The fourth-order valence-corrected chi connectivity index (χ4v) is 1.79. The van der Waals surface area contributed by atoms with Crippen LogP contribution in [0.25, 0.3) is 10.9 Å². The van der Waals surface area contributed by atoms with Crippen LogP contribution in [0.2, 0.25) is 0 Å². The molecule has 2 N–H and O–H groups in total. The molecule has 0 aliphatic heterocycles. The number of nitrogens with zero attached hydrogens (tertiary/aromatic N) is 2. The first-order valence-corrected chi connectivity index (χ1v) is 5.33. The fraction of sp³-hybridized carbons (Fsp3) is 0.231. The Balaban J connectivity index is 2.66. The lowest BCUT2D eigenvalue weighted by molar-refractivity contribution is 0.923. The smallest absolute Gasteiger partial charge is 0.103 e. The normalized spacial score (nSPS) is 10.2. The molecule has 0 bridgehead atoms. The van der Waals surface area contributed by atoms with Crippen LogP contribution in [0.4, 0.5) is 5.69 Å². The predicted octanol–water partition coefficient (Wildman–Crippen LogP) is 2.64. The summed E-state index contributed by atoms with van der Waals surface area (Å²) in [5.41, 5.74) is 8.99. The van der Waals surface area contributed by atoms with Gasteiger partial charge in [-0.3, -0.25) is 4.98 Å². The molecule has 0 radical (unpaired) electrons. The summed E-state index contributed by atoms with van der Waals surface area (Å²) in [6, 6.07) is 8.10. The third-order valence-electron chi connectivity index (χ3n) is 2.63. The first-order valence-electron chi connectivity index (χ1n) is 5.33. The average Bonchev–Trinajstić information content (AvgIpc) is 2.31. The summed E-state index contributed by atoms with van der Waals surface area (Å²) in [6.07, 6.45) is 3.64. The van der Waals surface area contributed by atoms with Crippen molar-refractivity contribution in [2.45, 2.75) is 19.8 Å². The molecule has 0 aliphatic carbocycles. The van der Waals surface area contributed by atoms with Crippen molar-refractivity contribution in [3.05, 3.63) is 35.5 Å². The number of hydrogen-bond acceptors (Lipinski definition) is 3. The summed E-state index contributed by atoms with van der Waals surface area (Å²) >= 11 is 0. The van der Waals surface area contributed by atoms with Crippen LogP contribution in [-0.4, -0.2) is 4.98 Å². The maximum Gasteiger partial charge on any atom is 0.103 e. The SMILES string of the molecule is CCCc1ccc2ncc(C#N)c(N)c2c1. The third-order valence-corrected chi connectivity index (χ3v) is 2.63. The Morgan fingerprint density at radius 2 is 2.25 bits per heavy atom. The van der Waals surface area contributed by atoms with Crippen LogP contribution in [0.1, 0.15) is 24.5 Å². The molecule has 0 saturated carbocycles. The van der Waals surface area contributed by atoms with Gasteiger partial charge in [0.15, 0.2) is 0 Å². The Labute approximate surface area is 94.5 Å². The Bertz CT molecular complexity index is 567. The topological polar surface area (TPSA) is 62.7 Å². The van der Waals surface area contributed by atoms with E-state index in [0.29, 0.717) is 11.3 Å². The maximum atomic E-state index is 8.88. The number of rotatable bonds is 2. The minimum atomic E-state index is 0.446. The molecule has 1 aromatic heterocycles. The predicted molar refractivity (Wildman–Crippen MR) is 64.9 cm³/mol. The molecule has 80 valence electrons. The van der Waals surface area contributed by atoms with Crippen molar-refractivity contribution >= 4 is 16.6 Å². The van der Waals surface area contributed by atoms with Crippen LogP contribution in [0.15, 0.2) is 24.4 Å². The van der Waals surface area contributed by atoms with E-state index in [0.717, 1.165) is 23.7 Å². The number of anilines is 1. The Hall–Kier alpha value is -2.08. The van der Waals surface area contributed by atoms with E-state index in [1.165, 1.54) is 11.8 Å². The van der Waals surface area contributed by atoms with Gasteiger partial charge in [-0.1, -0.05) is 19.4 Å². The van der Waals surface area contributed by atoms with Gasteiger partial charge in [0.1, 0.15) is 6.07 Å². The van der Waals surface area contributed by atoms with Gasteiger partial charge in [-0.15, -0.1) is 0 Å². The van der Waals surface area contributed by atoms with Gasteiger partial charge >= 0.3 is 0 Å². The number of aryl methyl sites for hydroxylation is 1. The van der Waals surface area contributed by atoms with Gasteiger partial charge in [-0.2, -0.15) is 5.26 Å². The summed E-state index contributed by atoms with van der Waals surface area (Å²) in [7, 11) is 0. The largest absolute Gasteiger partial charge is 0.397 e. The minimum absolute atomic E-state index is 0.446. The zero-order valence-corrected chi connectivity index (χ0v) is 9.20. The summed E-state index contributed by atoms with van der Waals surface area (Å²) in [6.45, 7) is 2.14. The van der Waals surface area contributed by atoms with E-state index >= 15 is 0 Å². The summed E-state index contributed by atoms with van der Waals surface area (Å²) in [5, 5.41) is 9.76. The van der Waals surface area contributed by atoms with Crippen LogP contribution >= 0.6 is 0 Å². The van der Waals surface area contributed by atoms with E-state index in [1.807, 2.05) is 12.1 Å². The van der Waals surface area contributed by atoms with Gasteiger partial charge < -0.3 is 5.73 Å². The monoisotopic (exact) mass is 211 g/mol. The Morgan fingerprint density at radius 1 is 1.44 bits per heavy atom. The molecule has 0 aliphatic rings. The van der Waals surface area contributed by atoms with E-state index in [2.05, 4.69) is 24.0 Å². The number of aromatic nitrogens is 1. The number of benzene rings is 1. The van der Waals surface area contributed by atoms with Crippen LogP contribution in [0.3, 0.4) is 0 Å². The van der Waals surface area contributed by atoms with Gasteiger partial charge in [0, 0.05) is 11.6 Å². The Morgan fingerprint density at radius 3 is 2.94 bits per heavy atom. The first kappa shape index (κ1) is 10.4. The fourth-order valence-electron chi connectivity index (χ4n) is 1.79. The number of nitrogen functional groups attached to an aromatic ring is 1. The number of fused-ring (bicyclic) bond motifs is 1. The van der Waals surface area contributed by atoms with Gasteiger partial charge in [0.25, 0.3) is 0 Å². The van der Waals surface area contributed by atoms with E-state index in [4.69, 9.17) is 11.0 Å². The van der Waals surface area contributed by atoms with Crippen molar-refractivity contribution in [2.75, 3.05) is 5.73 Å².